The minimum atomic E-state index is -0.830. The van der Waals surface area contributed by atoms with Gasteiger partial charge in [-0.25, -0.2) is 0 Å². The van der Waals surface area contributed by atoms with Crippen LogP contribution in [0.15, 0.2) is 24.4 Å². The van der Waals surface area contributed by atoms with E-state index in [1.54, 1.807) is 20.2 Å². The first-order valence-corrected chi connectivity index (χ1v) is 5.02. The Kier molecular flexibility index (Phi) is 2.56. The van der Waals surface area contributed by atoms with Crippen molar-refractivity contribution >= 4 is 16.9 Å². The van der Waals surface area contributed by atoms with E-state index in [2.05, 4.69) is 4.98 Å². The molecule has 0 fully saturated rings. The lowest BCUT2D eigenvalue weighted by atomic mass is 10.0. The number of aromatic nitrogens is 1. The zero-order valence-corrected chi connectivity index (χ0v) is 9.15. The third-order valence-corrected chi connectivity index (χ3v) is 2.77. The molecule has 2 aromatic rings. The zero-order valence-electron chi connectivity index (χ0n) is 9.15. The molecule has 0 spiro atoms. The predicted octanol–water partition coefficient (Wildman–Crippen LogP) is 2.36. The standard InChI is InChI=1S/C12H13NO3/c1-7(12(14)15)9-6-13-11-8(9)4-3-5-10(11)16-2/h3-7,13H,1-2H3,(H,14,15). The maximum atomic E-state index is 11.0. The van der Waals surface area contributed by atoms with Crippen LogP contribution in [0.1, 0.15) is 18.4 Å². The van der Waals surface area contributed by atoms with Crippen LogP contribution in [0.25, 0.3) is 10.9 Å². The second-order valence-electron chi connectivity index (χ2n) is 3.69. The number of H-pyrrole nitrogens is 1. The summed E-state index contributed by atoms with van der Waals surface area (Å²) < 4.78 is 5.20. The Balaban J connectivity index is 2.61. The van der Waals surface area contributed by atoms with E-state index in [0.29, 0.717) is 0 Å². The number of carbonyl (C=O) groups is 1. The van der Waals surface area contributed by atoms with Crippen LogP contribution in [-0.4, -0.2) is 23.2 Å². The van der Waals surface area contributed by atoms with Crippen molar-refractivity contribution in [3.05, 3.63) is 30.0 Å². The van der Waals surface area contributed by atoms with E-state index in [4.69, 9.17) is 9.84 Å². The van der Waals surface area contributed by atoms with E-state index < -0.39 is 11.9 Å². The molecule has 1 heterocycles. The molecule has 1 aromatic heterocycles. The molecule has 0 aliphatic carbocycles. The van der Waals surface area contributed by atoms with Crippen molar-refractivity contribution < 1.29 is 14.6 Å². The third kappa shape index (κ3) is 1.52. The first-order chi connectivity index (χ1) is 7.65. The van der Waals surface area contributed by atoms with Gasteiger partial charge >= 0.3 is 5.97 Å². The van der Waals surface area contributed by atoms with Gasteiger partial charge in [0.05, 0.1) is 18.5 Å². The van der Waals surface area contributed by atoms with Crippen molar-refractivity contribution in [2.75, 3.05) is 7.11 Å². The van der Waals surface area contributed by atoms with Crippen molar-refractivity contribution in [2.24, 2.45) is 0 Å². The molecule has 84 valence electrons. The van der Waals surface area contributed by atoms with E-state index in [1.165, 1.54) is 0 Å². The minimum absolute atomic E-state index is 0.527. The highest BCUT2D eigenvalue weighted by Gasteiger charge is 2.18. The van der Waals surface area contributed by atoms with Gasteiger partial charge in [-0.05, 0) is 18.6 Å². The Morgan fingerprint density at radius 1 is 1.50 bits per heavy atom. The zero-order chi connectivity index (χ0) is 11.7. The first-order valence-electron chi connectivity index (χ1n) is 5.02. The van der Waals surface area contributed by atoms with Crippen LogP contribution < -0.4 is 4.74 Å². The van der Waals surface area contributed by atoms with Gasteiger partial charge in [-0.3, -0.25) is 4.79 Å². The lowest BCUT2D eigenvalue weighted by Gasteiger charge is -2.05. The van der Waals surface area contributed by atoms with E-state index in [9.17, 15) is 4.79 Å². The first kappa shape index (κ1) is 10.5. The summed E-state index contributed by atoms with van der Waals surface area (Å²) in [5.41, 5.74) is 1.62. The molecule has 2 rings (SSSR count). The molecule has 16 heavy (non-hydrogen) atoms. The van der Waals surface area contributed by atoms with Crippen molar-refractivity contribution in [1.29, 1.82) is 0 Å². The monoisotopic (exact) mass is 219 g/mol. The summed E-state index contributed by atoms with van der Waals surface area (Å²) in [6, 6.07) is 5.59. The minimum Gasteiger partial charge on any atom is -0.495 e. The van der Waals surface area contributed by atoms with Gasteiger partial charge in [0.15, 0.2) is 0 Å². The molecule has 4 heteroatoms. The molecule has 0 saturated heterocycles. The quantitative estimate of drug-likeness (QED) is 0.833. The Labute approximate surface area is 92.9 Å². The number of hydrogen-bond donors (Lipinski definition) is 2. The van der Waals surface area contributed by atoms with Gasteiger partial charge in [0.1, 0.15) is 5.75 Å². The Hall–Kier alpha value is -1.97. The number of hydrogen-bond acceptors (Lipinski definition) is 2. The Bertz CT molecular complexity index is 530. The molecule has 0 bridgehead atoms. The van der Waals surface area contributed by atoms with Gasteiger partial charge in [-0.15, -0.1) is 0 Å². The van der Waals surface area contributed by atoms with E-state index in [-0.39, 0.29) is 0 Å². The molecule has 1 atom stereocenters. The van der Waals surface area contributed by atoms with Gasteiger partial charge < -0.3 is 14.8 Å². The average Bonchev–Trinajstić information content (AvgIpc) is 2.71. The molecular formula is C12H13NO3. The SMILES string of the molecule is COc1cccc2c(C(C)C(=O)O)c[nH]c12. The fraction of sp³-hybridized carbons (Fsp3) is 0.250. The average molecular weight is 219 g/mol. The molecule has 1 aromatic carbocycles. The number of nitrogens with one attached hydrogen (secondary N) is 1. The molecule has 2 N–H and O–H groups in total. The van der Waals surface area contributed by atoms with Crippen molar-refractivity contribution in [3.63, 3.8) is 0 Å². The van der Waals surface area contributed by atoms with Crippen LogP contribution in [-0.2, 0) is 4.79 Å². The smallest absolute Gasteiger partial charge is 0.310 e. The van der Waals surface area contributed by atoms with Gasteiger partial charge in [0, 0.05) is 11.6 Å². The normalized spacial score (nSPS) is 12.6. The fourth-order valence-corrected chi connectivity index (χ4v) is 1.81. The summed E-state index contributed by atoms with van der Waals surface area (Å²) in [6.45, 7) is 1.67. The molecule has 1 unspecified atom stereocenters. The van der Waals surface area contributed by atoms with E-state index in [0.717, 1.165) is 22.2 Å². The summed E-state index contributed by atoms with van der Waals surface area (Å²) >= 11 is 0. The highest BCUT2D eigenvalue weighted by atomic mass is 16.5. The number of fused-ring (bicyclic) bond motifs is 1. The van der Waals surface area contributed by atoms with Crippen LogP contribution in [0.4, 0.5) is 0 Å². The summed E-state index contributed by atoms with van der Waals surface area (Å²) in [4.78, 5) is 14.0. The highest BCUT2D eigenvalue weighted by Crippen LogP contribution is 2.30. The number of carboxylic acid groups (broad SMARTS) is 1. The predicted molar refractivity (Wildman–Crippen MR) is 60.9 cm³/mol. The largest absolute Gasteiger partial charge is 0.495 e. The molecule has 0 radical (unpaired) electrons. The lowest BCUT2D eigenvalue weighted by Crippen LogP contribution is -2.06. The van der Waals surface area contributed by atoms with Gasteiger partial charge in [0.25, 0.3) is 0 Å². The summed E-state index contributed by atoms with van der Waals surface area (Å²) in [6.07, 6.45) is 1.73. The Morgan fingerprint density at radius 2 is 2.25 bits per heavy atom. The van der Waals surface area contributed by atoms with Gasteiger partial charge in [0.2, 0.25) is 0 Å². The number of rotatable bonds is 3. The lowest BCUT2D eigenvalue weighted by molar-refractivity contribution is -0.138. The van der Waals surface area contributed by atoms with Crippen LogP contribution >= 0.6 is 0 Å². The van der Waals surface area contributed by atoms with Crippen LogP contribution in [0.3, 0.4) is 0 Å². The molecule has 0 aliphatic heterocycles. The van der Waals surface area contributed by atoms with E-state index >= 15 is 0 Å². The third-order valence-electron chi connectivity index (χ3n) is 2.77. The summed E-state index contributed by atoms with van der Waals surface area (Å²) in [7, 11) is 1.59. The van der Waals surface area contributed by atoms with Crippen LogP contribution in [0, 0.1) is 0 Å². The maximum Gasteiger partial charge on any atom is 0.310 e. The highest BCUT2D eigenvalue weighted by molar-refractivity contribution is 5.92. The molecule has 0 aliphatic rings. The number of carboxylic acids is 1. The summed E-state index contributed by atoms with van der Waals surface area (Å²) in [5, 5.41) is 9.89. The van der Waals surface area contributed by atoms with Crippen LogP contribution in [0.2, 0.25) is 0 Å². The second-order valence-corrected chi connectivity index (χ2v) is 3.69. The number of ether oxygens (including phenoxy) is 1. The topological polar surface area (TPSA) is 62.3 Å². The van der Waals surface area contributed by atoms with Crippen molar-refractivity contribution in [1.82, 2.24) is 4.98 Å². The molecule has 0 amide bonds. The molecule has 0 saturated carbocycles. The maximum absolute atomic E-state index is 11.0. The molecular weight excluding hydrogens is 206 g/mol. The van der Waals surface area contributed by atoms with Gasteiger partial charge in [-0.1, -0.05) is 12.1 Å². The van der Waals surface area contributed by atoms with E-state index in [1.807, 2.05) is 18.2 Å². The fourth-order valence-electron chi connectivity index (χ4n) is 1.81. The molecule has 4 nitrogen and oxygen atoms in total. The summed E-state index contributed by atoms with van der Waals surface area (Å²) in [5.74, 6) is -0.633. The van der Waals surface area contributed by atoms with Crippen molar-refractivity contribution in [3.8, 4) is 5.75 Å². The second kappa shape index (κ2) is 3.89. The number of benzene rings is 1. The number of aliphatic carboxylic acids is 1. The van der Waals surface area contributed by atoms with Crippen molar-refractivity contribution in [2.45, 2.75) is 12.8 Å². The van der Waals surface area contributed by atoms with Crippen LogP contribution in [0.5, 0.6) is 5.75 Å². The Morgan fingerprint density at radius 3 is 2.88 bits per heavy atom. The number of para-hydroxylation sites is 1. The number of aromatic amines is 1. The van der Waals surface area contributed by atoms with Gasteiger partial charge in [-0.2, -0.15) is 0 Å². The number of methoxy groups -OCH3 is 1.